The lowest BCUT2D eigenvalue weighted by Crippen LogP contribution is -2.22. The second-order valence-electron chi connectivity index (χ2n) is 7.11. The second-order valence-corrected chi connectivity index (χ2v) is 9.43. The van der Waals surface area contributed by atoms with E-state index < -0.39 is 0 Å². The van der Waals surface area contributed by atoms with E-state index in [2.05, 4.69) is 21.5 Å². The molecule has 1 amide bonds. The third kappa shape index (κ3) is 3.14. The van der Waals surface area contributed by atoms with Crippen molar-refractivity contribution in [2.24, 2.45) is 0 Å². The fraction of sp³-hybridized carbons (Fsp3) is 0.350. The number of amides is 1. The molecule has 5 rings (SSSR count). The zero-order valence-electron chi connectivity index (χ0n) is 15.2. The van der Waals surface area contributed by atoms with E-state index in [0.29, 0.717) is 17.1 Å². The highest BCUT2D eigenvalue weighted by Gasteiger charge is 2.32. The van der Waals surface area contributed by atoms with Gasteiger partial charge in [0.2, 0.25) is 5.91 Å². The Morgan fingerprint density at radius 3 is 2.86 bits per heavy atom. The summed E-state index contributed by atoms with van der Waals surface area (Å²) in [4.78, 5) is 29.8. The minimum Gasteiger partial charge on any atom is -0.310 e. The number of hydrogen-bond acceptors (Lipinski definition) is 5. The van der Waals surface area contributed by atoms with Crippen molar-refractivity contribution < 1.29 is 4.79 Å². The summed E-state index contributed by atoms with van der Waals surface area (Å²) in [7, 11) is 0. The van der Waals surface area contributed by atoms with Crippen molar-refractivity contribution in [1.82, 2.24) is 14.8 Å². The number of nitrogens with one attached hydrogen (secondary N) is 2. The first-order valence-corrected chi connectivity index (χ1v) is 11.6. The summed E-state index contributed by atoms with van der Waals surface area (Å²) in [5, 5.41) is 6.86. The lowest BCUT2D eigenvalue weighted by atomic mass is 10.0. The van der Waals surface area contributed by atoms with Gasteiger partial charge in [-0.3, -0.25) is 24.4 Å². The van der Waals surface area contributed by atoms with Gasteiger partial charge in [0.1, 0.15) is 5.82 Å². The summed E-state index contributed by atoms with van der Waals surface area (Å²) in [6.07, 6.45) is 3.77. The topological polar surface area (TPSA) is 79.8 Å². The van der Waals surface area contributed by atoms with Gasteiger partial charge in [-0.2, -0.15) is 11.8 Å². The number of benzene rings is 1. The molecular weight excluding hydrogens is 392 g/mol. The monoisotopic (exact) mass is 412 g/mol. The van der Waals surface area contributed by atoms with E-state index in [1.807, 2.05) is 40.7 Å². The number of hydrogen-bond donors (Lipinski definition) is 2. The summed E-state index contributed by atoms with van der Waals surface area (Å²) in [6.45, 7) is 0. The van der Waals surface area contributed by atoms with Gasteiger partial charge in [0.05, 0.1) is 28.1 Å². The van der Waals surface area contributed by atoms with E-state index in [-0.39, 0.29) is 22.8 Å². The summed E-state index contributed by atoms with van der Waals surface area (Å²) in [5.41, 5.74) is 2.48. The molecule has 1 fully saturated rings. The van der Waals surface area contributed by atoms with Crippen molar-refractivity contribution in [3.8, 4) is 0 Å². The molecule has 1 saturated heterocycles. The van der Waals surface area contributed by atoms with Crippen molar-refractivity contribution in [1.29, 1.82) is 0 Å². The van der Waals surface area contributed by atoms with Crippen molar-refractivity contribution in [3.63, 3.8) is 0 Å². The van der Waals surface area contributed by atoms with E-state index in [9.17, 15) is 9.59 Å². The molecule has 28 heavy (non-hydrogen) atoms. The maximum absolute atomic E-state index is 13.0. The molecule has 3 aromatic rings. The normalized spacial score (nSPS) is 20.6. The van der Waals surface area contributed by atoms with Crippen LogP contribution in [-0.4, -0.2) is 37.9 Å². The number of thioether (sulfide) groups is 2. The summed E-state index contributed by atoms with van der Waals surface area (Å²) < 4.78 is 1.91. The first kappa shape index (κ1) is 17.9. The quantitative estimate of drug-likeness (QED) is 0.673. The highest BCUT2D eigenvalue weighted by atomic mass is 32.2. The van der Waals surface area contributed by atoms with Crippen LogP contribution in [0.2, 0.25) is 0 Å². The molecule has 0 bridgehead atoms. The number of pyridine rings is 1. The maximum Gasteiger partial charge on any atom is 0.270 e. The molecule has 2 aliphatic heterocycles. The molecule has 2 aliphatic rings. The fourth-order valence-corrected chi connectivity index (χ4v) is 6.18. The lowest BCUT2D eigenvalue weighted by Gasteiger charge is -2.24. The maximum atomic E-state index is 13.0. The van der Waals surface area contributed by atoms with E-state index in [1.165, 1.54) is 11.8 Å². The Morgan fingerprint density at radius 1 is 1.14 bits per heavy atom. The van der Waals surface area contributed by atoms with Crippen molar-refractivity contribution >= 4 is 46.2 Å². The fourth-order valence-electron chi connectivity index (χ4n) is 3.98. The molecule has 2 N–H and O–H groups in total. The number of fused-ring (bicyclic) bond motifs is 2. The number of carbonyl (C=O) groups is 1. The van der Waals surface area contributed by atoms with Gasteiger partial charge in [-0.05, 0) is 48.1 Å². The Labute approximate surface area is 170 Å². The van der Waals surface area contributed by atoms with Crippen LogP contribution in [0.25, 0.3) is 10.9 Å². The Morgan fingerprint density at radius 2 is 2.00 bits per heavy atom. The van der Waals surface area contributed by atoms with Crippen LogP contribution in [0.5, 0.6) is 0 Å². The molecule has 0 spiro atoms. The molecule has 144 valence electrons. The molecule has 0 radical (unpaired) electrons. The number of aromatic nitrogens is 3. The molecule has 6 nitrogen and oxygen atoms in total. The minimum absolute atomic E-state index is 0.0610. The largest absolute Gasteiger partial charge is 0.310 e. The molecule has 2 aromatic heterocycles. The highest BCUT2D eigenvalue weighted by Crippen LogP contribution is 2.42. The first-order chi connectivity index (χ1) is 13.7. The van der Waals surface area contributed by atoms with E-state index in [0.717, 1.165) is 40.8 Å². The predicted octanol–water partition coefficient (Wildman–Crippen LogP) is 3.57. The molecule has 8 heteroatoms. The van der Waals surface area contributed by atoms with Gasteiger partial charge in [0, 0.05) is 11.6 Å². The smallest absolute Gasteiger partial charge is 0.270 e. The second kappa shape index (κ2) is 7.33. The average molecular weight is 413 g/mol. The third-order valence-electron chi connectivity index (χ3n) is 5.35. The van der Waals surface area contributed by atoms with Gasteiger partial charge in [0.15, 0.2) is 0 Å². The standard InChI is InChI=1S/C20H20N4O2S2/c25-16-11-28-18(13-3-4-15-12(10-13)2-1-7-21-15)17-19(22-16)24(23-20(17)26)14-5-8-27-9-6-14/h1-4,7,10,14,18H,5-6,8-9,11H2,(H,22,25)(H,23,26). The molecule has 1 unspecified atom stereocenters. The van der Waals surface area contributed by atoms with Crippen LogP contribution in [0.4, 0.5) is 5.82 Å². The molecule has 1 atom stereocenters. The van der Waals surface area contributed by atoms with Gasteiger partial charge in [0.25, 0.3) is 5.56 Å². The summed E-state index contributed by atoms with van der Waals surface area (Å²) in [5.74, 6) is 3.06. The Bertz CT molecular complexity index is 1100. The zero-order chi connectivity index (χ0) is 19.1. The Hall–Kier alpha value is -2.19. The van der Waals surface area contributed by atoms with Gasteiger partial charge in [-0.15, -0.1) is 11.8 Å². The minimum atomic E-state index is -0.193. The SMILES string of the molecule is O=C1CSC(c2ccc3ncccc3c2)c2c(n(C3CCSCC3)[nH]c2=O)N1. The number of H-pyrrole nitrogens is 1. The lowest BCUT2D eigenvalue weighted by molar-refractivity contribution is -0.113. The van der Waals surface area contributed by atoms with Gasteiger partial charge in [-0.1, -0.05) is 12.1 Å². The summed E-state index contributed by atoms with van der Waals surface area (Å²) >= 11 is 3.44. The number of rotatable bonds is 2. The molecular formula is C20H20N4O2S2. The van der Waals surface area contributed by atoms with E-state index >= 15 is 0 Å². The molecule has 0 saturated carbocycles. The molecule has 4 heterocycles. The average Bonchev–Trinajstić information content (AvgIpc) is 2.93. The first-order valence-electron chi connectivity index (χ1n) is 9.39. The highest BCUT2D eigenvalue weighted by molar-refractivity contribution is 8.00. The van der Waals surface area contributed by atoms with Crippen molar-refractivity contribution in [3.05, 3.63) is 58.0 Å². The Kier molecular flexibility index (Phi) is 4.68. The summed E-state index contributed by atoms with van der Waals surface area (Å²) in [6, 6.07) is 10.2. The van der Waals surface area contributed by atoms with Crippen LogP contribution in [0.15, 0.2) is 41.3 Å². The molecule has 1 aromatic carbocycles. The van der Waals surface area contributed by atoms with Crippen LogP contribution in [-0.2, 0) is 4.79 Å². The van der Waals surface area contributed by atoms with E-state index in [1.54, 1.807) is 6.20 Å². The van der Waals surface area contributed by atoms with Gasteiger partial charge in [-0.25, -0.2) is 0 Å². The number of carbonyl (C=O) groups excluding carboxylic acids is 1. The van der Waals surface area contributed by atoms with Gasteiger partial charge >= 0.3 is 0 Å². The van der Waals surface area contributed by atoms with Crippen LogP contribution < -0.4 is 10.9 Å². The van der Waals surface area contributed by atoms with E-state index in [4.69, 9.17) is 0 Å². The Balaban J connectivity index is 1.63. The number of aromatic amines is 1. The van der Waals surface area contributed by atoms with Crippen LogP contribution in [0.3, 0.4) is 0 Å². The molecule has 0 aliphatic carbocycles. The number of anilines is 1. The van der Waals surface area contributed by atoms with Crippen molar-refractivity contribution in [2.45, 2.75) is 24.1 Å². The van der Waals surface area contributed by atoms with Crippen LogP contribution in [0, 0.1) is 0 Å². The third-order valence-corrected chi connectivity index (χ3v) is 7.67. The van der Waals surface area contributed by atoms with Gasteiger partial charge < -0.3 is 5.32 Å². The van der Waals surface area contributed by atoms with Crippen molar-refractivity contribution in [2.75, 3.05) is 22.6 Å². The van der Waals surface area contributed by atoms with Crippen LogP contribution in [0.1, 0.15) is 35.3 Å². The van der Waals surface area contributed by atoms with Crippen LogP contribution >= 0.6 is 23.5 Å². The predicted molar refractivity (Wildman–Crippen MR) is 115 cm³/mol. The number of nitrogens with zero attached hydrogens (tertiary/aromatic N) is 2. The zero-order valence-corrected chi connectivity index (χ0v) is 16.8.